The third-order valence-corrected chi connectivity index (χ3v) is 4.75. The fraction of sp³-hybridized carbons (Fsp3) is 0.158. The molecule has 1 amide bonds. The fourth-order valence-corrected chi connectivity index (χ4v) is 3.54. The molecule has 1 aliphatic rings. The molecule has 0 atom stereocenters. The van der Waals surface area contributed by atoms with Crippen molar-refractivity contribution in [2.24, 2.45) is 0 Å². The van der Waals surface area contributed by atoms with Crippen molar-refractivity contribution in [1.82, 2.24) is 20.2 Å². The lowest BCUT2D eigenvalue weighted by atomic mass is 10.0. The minimum Gasteiger partial charge on any atom is -0.357 e. The van der Waals surface area contributed by atoms with Crippen LogP contribution in [0.25, 0.3) is 21.8 Å². The molecule has 0 saturated carbocycles. The highest BCUT2D eigenvalue weighted by Gasteiger charge is 2.23. The van der Waals surface area contributed by atoms with Crippen LogP contribution in [0.2, 0.25) is 0 Å². The standard InChI is InChI=1S/C19H17N5O2/c25-19(21-18-14-6-2-4-8-16(14)22-23-18)26-24-10-9-13-12-5-1-3-7-15(12)20-17(13)11-24/h1-8,20H,9-11H2,(H2,21,22,23,25). The second-order valence-corrected chi connectivity index (χ2v) is 6.36. The van der Waals surface area contributed by atoms with Crippen molar-refractivity contribution in [3.8, 4) is 0 Å². The summed E-state index contributed by atoms with van der Waals surface area (Å²) in [4.78, 5) is 21.2. The smallest absolute Gasteiger partial charge is 0.357 e. The first kappa shape index (κ1) is 15.0. The Kier molecular flexibility index (Phi) is 3.39. The van der Waals surface area contributed by atoms with Crippen LogP contribution in [0, 0.1) is 0 Å². The summed E-state index contributed by atoms with van der Waals surface area (Å²) in [5, 5.41) is 13.5. The average Bonchev–Trinajstić information content (AvgIpc) is 3.22. The predicted octanol–water partition coefficient (Wildman–Crippen LogP) is 3.57. The number of aromatic nitrogens is 3. The van der Waals surface area contributed by atoms with E-state index >= 15 is 0 Å². The van der Waals surface area contributed by atoms with Crippen molar-refractivity contribution >= 4 is 33.7 Å². The molecule has 0 aliphatic carbocycles. The highest BCUT2D eigenvalue weighted by atomic mass is 16.7. The summed E-state index contributed by atoms with van der Waals surface area (Å²) >= 11 is 0. The van der Waals surface area contributed by atoms with Crippen LogP contribution in [0.1, 0.15) is 11.3 Å². The summed E-state index contributed by atoms with van der Waals surface area (Å²) in [7, 11) is 0. The summed E-state index contributed by atoms with van der Waals surface area (Å²) in [6, 6.07) is 15.9. The molecule has 130 valence electrons. The van der Waals surface area contributed by atoms with Gasteiger partial charge in [-0.05, 0) is 30.2 Å². The monoisotopic (exact) mass is 347 g/mol. The van der Waals surface area contributed by atoms with Crippen LogP contribution in [0.15, 0.2) is 48.5 Å². The van der Waals surface area contributed by atoms with E-state index in [1.54, 1.807) is 5.06 Å². The molecule has 26 heavy (non-hydrogen) atoms. The number of amides is 1. The molecule has 7 nitrogen and oxygen atoms in total. The second kappa shape index (κ2) is 5.89. The van der Waals surface area contributed by atoms with Gasteiger partial charge in [0, 0.05) is 28.5 Å². The first-order valence-corrected chi connectivity index (χ1v) is 8.53. The lowest BCUT2D eigenvalue weighted by Crippen LogP contribution is -2.34. The first-order valence-electron chi connectivity index (χ1n) is 8.53. The number of carbonyl (C=O) groups is 1. The molecule has 2 aromatic carbocycles. The van der Waals surface area contributed by atoms with E-state index in [2.05, 4.69) is 32.6 Å². The maximum atomic E-state index is 12.3. The van der Waals surface area contributed by atoms with Crippen molar-refractivity contribution in [2.75, 3.05) is 11.9 Å². The third kappa shape index (κ3) is 2.49. The van der Waals surface area contributed by atoms with Crippen molar-refractivity contribution in [2.45, 2.75) is 13.0 Å². The molecule has 0 saturated heterocycles. The van der Waals surface area contributed by atoms with Crippen molar-refractivity contribution in [1.29, 1.82) is 0 Å². The zero-order chi connectivity index (χ0) is 17.5. The van der Waals surface area contributed by atoms with Crippen molar-refractivity contribution in [3.63, 3.8) is 0 Å². The van der Waals surface area contributed by atoms with Crippen LogP contribution >= 0.6 is 0 Å². The molecule has 0 radical (unpaired) electrons. The molecule has 4 aromatic rings. The number of nitrogens with one attached hydrogen (secondary N) is 3. The van der Waals surface area contributed by atoms with E-state index in [1.165, 1.54) is 10.9 Å². The highest BCUT2D eigenvalue weighted by molar-refractivity contribution is 5.96. The number of benzene rings is 2. The Balaban J connectivity index is 1.30. The number of hydrogen-bond donors (Lipinski definition) is 3. The van der Waals surface area contributed by atoms with Crippen LogP contribution in [0.5, 0.6) is 0 Å². The molecule has 3 heterocycles. The van der Waals surface area contributed by atoms with E-state index in [4.69, 9.17) is 4.84 Å². The van der Waals surface area contributed by atoms with Gasteiger partial charge in [-0.2, -0.15) is 5.10 Å². The number of carbonyl (C=O) groups excluding carboxylic acids is 1. The number of para-hydroxylation sites is 2. The van der Waals surface area contributed by atoms with Crippen molar-refractivity contribution in [3.05, 3.63) is 59.8 Å². The molecule has 3 N–H and O–H groups in total. The first-order chi connectivity index (χ1) is 12.8. The Labute approximate surface area is 148 Å². The van der Waals surface area contributed by atoms with Gasteiger partial charge in [0.2, 0.25) is 0 Å². The van der Waals surface area contributed by atoms with E-state index in [1.807, 2.05) is 36.4 Å². The number of hydrogen-bond acceptors (Lipinski definition) is 4. The van der Waals surface area contributed by atoms with E-state index in [0.717, 1.165) is 28.5 Å². The zero-order valence-corrected chi connectivity index (χ0v) is 14.0. The van der Waals surface area contributed by atoms with Crippen LogP contribution in [-0.2, 0) is 17.8 Å². The van der Waals surface area contributed by atoms with E-state index in [0.29, 0.717) is 18.9 Å². The number of H-pyrrole nitrogens is 2. The highest BCUT2D eigenvalue weighted by Crippen LogP contribution is 2.27. The van der Waals surface area contributed by atoms with E-state index in [9.17, 15) is 4.79 Å². The van der Waals surface area contributed by atoms with Crippen LogP contribution in [-0.4, -0.2) is 32.9 Å². The van der Waals surface area contributed by atoms with E-state index in [-0.39, 0.29) is 0 Å². The normalized spacial score (nSPS) is 14.5. The summed E-state index contributed by atoms with van der Waals surface area (Å²) in [6.07, 6.45) is 0.291. The van der Waals surface area contributed by atoms with Gasteiger partial charge in [-0.25, -0.2) is 4.79 Å². The molecule has 0 spiro atoms. The summed E-state index contributed by atoms with van der Waals surface area (Å²) in [6.45, 7) is 1.20. The Morgan fingerprint density at radius 1 is 1.08 bits per heavy atom. The van der Waals surface area contributed by atoms with Crippen molar-refractivity contribution < 1.29 is 9.63 Å². The van der Waals surface area contributed by atoms with Crippen LogP contribution in [0.4, 0.5) is 10.6 Å². The van der Waals surface area contributed by atoms with Gasteiger partial charge in [0.25, 0.3) is 0 Å². The van der Waals surface area contributed by atoms with Gasteiger partial charge in [0.05, 0.1) is 12.1 Å². The summed E-state index contributed by atoms with van der Waals surface area (Å²) in [5.74, 6) is 0.467. The minimum atomic E-state index is -0.540. The summed E-state index contributed by atoms with van der Waals surface area (Å²) < 4.78 is 0. The average molecular weight is 347 g/mol. The number of hydroxylamine groups is 2. The van der Waals surface area contributed by atoms with E-state index < -0.39 is 6.09 Å². The molecule has 1 aliphatic heterocycles. The van der Waals surface area contributed by atoms with Crippen LogP contribution < -0.4 is 5.32 Å². The van der Waals surface area contributed by atoms with Gasteiger partial charge in [-0.15, -0.1) is 5.06 Å². The van der Waals surface area contributed by atoms with Gasteiger partial charge in [0.1, 0.15) is 0 Å². The van der Waals surface area contributed by atoms with Gasteiger partial charge in [0.15, 0.2) is 5.82 Å². The maximum absolute atomic E-state index is 12.3. The Morgan fingerprint density at radius 3 is 2.73 bits per heavy atom. The molecule has 7 heteroatoms. The topological polar surface area (TPSA) is 86.0 Å². The number of anilines is 1. The molecule has 0 unspecified atom stereocenters. The number of nitrogens with zero attached hydrogens (tertiary/aromatic N) is 2. The van der Waals surface area contributed by atoms with Gasteiger partial charge >= 0.3 is 6.09 Å². The zero-order valence-electron chi connectivity index (χ0n) is 14.0. The lowest BCUT2D eigenvalue weighted by molar-refractivity contribution is -0.106. The summed E-state index contributed by atoms with van der Waals surface area (Å²) in [5.41, 5.74) is 4.38. The quantitative estimate of drug-likeness (QED) is 0.517. The molecular weight excluding hydrogens is 330 g/mol. The lowest BCUT2D eigenvalue weighted by Gasteiger charge is -2.25. The van der Waals surface area contributed by atoms with Gasteiger partial charge < -0.3 is 9.82 Å². The Hall–Kier alpha value is -3.32. The molecule has 0 bridgehead atoms. The molecular formula is C19H17N5O2. The number of fused-ring (bicyclic) bond motifs is 4. The molecule has 5 rings (SSSR count). The molecule has 0 fully saturated rings. The number of aromatic amines is 2. The molecule has 2 aromatic heterocycles. The Bertz CT molecular complexity index is 1110. The minimum absolute atomic E-state index is 0.467. The third-order valence-electron chi connectivity index (χ3n) is 4.75. The van der Waals surface area contributed by atoms with Gasteiger partial charge in [-0.3, -0.25) is 10.4 Å². The maximum Gasteiger partial charge on any atom is 0.432 e. The predicted molar refractivity (Wildman–Crippen MR) is 98.6 cm³/mol. The largest absolute Gasteiger partial charge is 0.432 e. The second-order valence-electron chi connectivity index (χ2n) is 6.36. The van der Waals surface area contributed by atoms with Gasteiger partial charge in [-0.1, -0.05) is 30.3 Å². The Morgan fingerprint density at radius 2 is 1.85 bits per heavy atom. The van der Waals surface area contributed by atoms with Crippen LogP contribution in [0.3, 0.4) is 0 Å². The SMILES string of the molecule is O=C(Nc1n[nH]c2ccccc12)ON1CCc2c([nH]c3ccccc23)C1. The fourth-order valence-electron chi connectivity index (χ4n) is 3.54. The number of rotatable bonds is 2.